The van der Waals surface area contributed by atoms with E-state index in [0.717, 1.165) is 0 Å². The molecule has 0 fully saturated rings. The highest BCUT2D eigenvalue weighted by Gasteiger charge is 2.20. The molecule has 0 bridgehead atoms. The number of hydrogen-bond donors (Lipinski definition) is 0. The maximum atomic E-state index is 11.3. The Morgan fingerprint density at radius 3 is 2.69 bits per heavy atom. The molecule has 1 rings (SSSR count). The molecular weight excluding hydrogens is 289 g/mol. The van der Waals surface area contributed by atoms with E-state index in [4.69, 9.17) is 39.3 Å². The quantitative estimate of drug-likeness (QED) is 0.556. The Bertz CT molecular complexity index is 432. The minimum atomic E-state index is -1.76. The van der Waals surface area contributed by atoms with Crippen LogP contribution in [0.4, 0.5) is 0 Å². The second-order valence-electron chi connectivity index (χ2n) is 2.84. The summed E-state index contributed by atoms with van der Waals surface area (Å²) in [5.41, 5.74) is 1.77. The fourth-order valence-corrected chi connectivity index (χ4v) is 2.22. The average molecular weight is 299 g/mol. The molecule has 1 aromatic carbocycles. The van der Waals surface area contributed by atoms with Gasteiger partial charge in [0, 0.05) is 10.6 Å². The van der Waals surface area contributed by atoms with Crippen LogP contribution in [0.3, 0.4) is 0 Å². The van der Waals surface area contributed by atoms with Crippen LogP contribution in [0, 0.1) is 0 Å². The summed E-state index contributed by atoms with van der Waals surface area (Å²) in [4.78, 5) is 0. The lowest BCUT2D eigenvalue weighted by atomic mass is 10.2. The molecule has 0 N–H and O–H groups in total. The first kappa shape index (κ1) is 13.8. The highest BCUT2D eigenvalue weighted by molar-refractivity contribution is 7.39. The Balaban J connectivity index is 3.01. The Hall–Kier alpha value is -0.270. The average Bonchev–Trinajstić information content (AvgIpc) is 2.26. The van der Waals surface area contributed by atoms with Gasteiger partial charge < -0.3 is 0 Å². The lowest BCUT2D eigenvalue weighted by Gasteiger charge is -2.03. The molecule has 0 aliphatic heterocycles. The van der Waals surface area contributed by atoms with E-state index in [2.05, 4.69) is 0 Å². The molecule has 0 heterocycles. The van der Waals surface area contributed by atoms with Crippen molar-refractivity contribution in [3.05, 3.63) is 39.3 Å². The predicted octanol–water partition coefficient (Wildman–Crippen LogP) is 5.31. The zero-order valence-corrected chi connectivity index (χ0v) is 11.6. The zero-order chi connectivity index (χ0) is 12.1. The molecule has 0 saturated carbocycles. The van der Waals surface area contributed by atoms with Crippen LogP contribution in [0.2, 0.25) is 10.0 Å². The molecule has 1 atom stereocenters. The van der Waals surface area contributed by atoms with Gasteiger partial charge in [0.15, 0.2) is 6.16 Å². The molecule has 0 saturated heterocycles. The van der Waals surface area contributed by atoms with Crippen LogP contribution in [0.15, 0.2) is 23.7 Å². The molecule has 0 aromatic heterocycles. The minimum Gasteiger partial charge on any atom is -0.253 e. The Morgan fingerprint density at radius 1 is 1.50 bits per heavy atom. The molecule has 0 aliphatic carbocycles. The van der Waals surface area contributed by atoms with Crippen molar-refractivity contribution in [1.82, 2.24) is 0 Å². The molecule has 6 heteroatoms. The number of halogens is 3. The van der Waals surface area contributed by atoms with Crippen LogP contribution in [0.5, 0.6) is 0 Å². The SMILES string of the molecule is CC[P+](=O)OC(=CCl)c1ccc(Cl)cc1Cl. The van der Waals surface area contributed by atoms with Crippen LogP contribution in [0.1, 0.15) is 12.5 Å². The second-order valence-corrected chi connectivity index (χ2v) is 5.38. The fourth-order valence-electron chi connectivity index (χ4n) is 0.991. The lowest BCUT2D eigenvalue weighted by Crippen LogP contribution is -1.87. The summed E-state index contributed by atoms with van der Waals surface area (Å²) in [7, 11) is -1.76. The van der Waals surface area contributed by atoms with Gasteiger partial charge in [-0.3, -0.25) is 4.52 Å². The zero-order valence-electron chi connectivity index (χ0n) is 8.41. The summed E-state index contributed by atoms with van der Waals surface area (Å²) in [6, 6.07) is 4.89. The van der Waals surface area contributed by atoms with Crippen LogP contribution >= 0.6 is 42.8 Å². The van der Waals surface area contributed by atoms with E-state index in [9.17, 15) is 4.57 Å². The van der Waals surface area contributed by atoms with Gasteiger partial charge >= 0.3 is 8.03 Å². The normalized spacial score (nSPS) is 12.5. The topological polar surface area (TPSA) is 26.3 Å². The van der Waals surface area contributed by atoms with Gasteiger partial charge in [-0.15, -0.1) is 0 Å². The van der Waals surface area contributed by atoms with E-state index >= 15 is 0 Å². The van der Waals surface area contributed by atoms with Crippen molar-refractivity contribution < 1.29 is 9.09 Å². The molecule has 1 aromatic rings. The van der Waals surface area contributed by atoms with Crippen molar-refractivity contribution in [1.29, 1.82) is 0 Å². The maximum absolute atomic E-state index is 11.3. The first-order valence-electron chi connectivity index (χ1n) is 4.47. The smallest absolute Gasteiger partial charge is 0.253 e. The summed E-state index contributed by atoms with van der Waals surface area (Å²) in [6.45, 7) is 1.76. The molecule has 86 valence electrons. The van der Waals surface area contributed by atoms with Crippen LogP contribution in [-0.2, 0) is 9.09 Å². The third-order valence-electron chi connectivity index (χ3n) is 1.75. The van der Waals surface area contributed by atoms with Crippen molar-refractivity contribution in [3.63, 3.8) is 0 Å². The highest BCUT2D eigenvalue weighted by atomic mass is 35.5. The molecule has 0 amide bonds. The Labute approximate surface area is 110 Å². The standard InChI is InChI=1S/C10H9Cl3O2P/c1-2-16(14)15-10(6-11)8-4-3-7(12)5-9(8)13/h3-6H,2H2,1H3/q+1. The first-order chi connectivity index (χ1) is 7.58. The summed E-state index contributed by atoms with van der Waals surface area (Å²) in [6.07, 6.45) is 0.411. The largest absolute Gasteiger partial charge is 0.555 e. The lowest BCUT2D eigenvalue weighted by molar-refractivity contribution is 0.485. The van der Waals surface area contributed by atoms with Gasteiger partial charge in [0.1, 0.15) is 0 Å². The van der Waals surface area contributed by atoms with Crippen molar-refractivity contribution >= 4 is 48.6 Å². The molecule has 0 radical (unpaired) electrons. The number of rotatable bonds is 4. The first-order valence-corrected chi connectivity index (χ1v) is 7.02. The van der Waals surface area contributed by atoms with Gasteiger partial charge in [-0.2, -0.15) is 0 Å². The Kier molecular flexibility index (Phi) is 5.57. The van der Waals surface area contributed by atoms with E-state index in [1.54, 1.807) is 25.1 Å². The van der Waals surface area contributed by atoms with Gasteiger partial charge in [0.2, 0.25) is 5.76 Å². The molecule has 0 aliphatic rings. The molecule has 2 nitrogen and oxygen atoms in total. The van der Waals surface area contributed by atoms with Gasteiger partial charge in [0.25, 0.3) is 0 Å². The van der Waals surface area contributed by atoms with E-state index in [1.165, 1.54) is 5.54 Å². The highest BCUT2D eigenvalue weighted by Crippen LogP contribution is 2.35. The molecule has 1 unspecified atom stereocenters. The van der Waals surface area contributed by atoms with Crippen molar-refractivity contribution in [3.8, 4) is 0 Å². The van der Waals surface area contributed by atoms with E-state index in [1.807, 2.05) is 0 Å². The van der Waals surface area contributed by atoms with E-state index < -0.39 is 8.03 Å². The molecule has 0 spiro atoms. The third-order valence-corrected chi connectivity index (χ3v) is 3.42. The van der Waals surface area contributed by atoms with Gasteiger partial charge in [0.05, 0.1) is 10.6 Å². The van der Waals surface area contributed by atoms with Crippen molar-refractivity contribution in [2.24, 2.45) is 0 Å². The Morgan fingerprint density at radius 2 is 2.19 bits per heavy atom. The van der Waals surface area contributed by atoms with E-state index in [0.29, 0.717) is 21.8 Å². The maximum Gasteiger partial charge on any atom is 0.555 e. The third kappa shape index (κ3) is 3.64. The van der Waals surface area contributed by atoms with Gasteiger partial charge in [-0.1, -0.05) is 34.8 Å². The summed E-state index contributed by atoms with van der Waals surface area (Å²) in [5.74, 6) is 0.284. The summed E-state index contributed by atoms with van der Waals surface area (Å²) < 4.78 is 16.5. The van der Waals surface area contributed by atoms with Crippen molar-refractivity contribution in [2.75, 3.05) is 6.16 Å². The number of hydrogen-bond acceptors (Lipinski definition) is 2. The van der Waals surface area contributed by atoms with Gasteiger partial charge in [-0.05, 0) is 29.7 Å². The monoisotopic (exact) mass is 297 g/mol. The minimum absolute atomic E-state index is 0.284. The number of benzene rings is 1. The van der Waals surface area contributed by atoms with E-state index in [-0.39, 0.29) is 5.76 Å². The summed E-state index contributed by atoms with van der Waals surface area (Å²) >= 11 is 17.3. The van der Waals surface area contributed by atoms with Crippen molar-refractivity contribution in [2.45, 2.75) is 6.92 Å². The van der Waals surface area contributed by atoms with Crippen LogP contribution < -0.4 is 0 Å². The molecule has 16 heavy (non-hydrogen) atoms. The second kappa shape index (κ2) is 6.46. The van der Waals surface area contributed by atoms with Crippen LogP contribution in [0.25, 0.3) is 5.76 Å². The molecular formula is C10H9Cl3O2P+. The van der Waals surface area contributed by atoms with Gasteiger partial charge in [-0.25, -0.2) is 0 Å². The predicted molar refractivity (Wildman–Crippen MR) is 69.5 cm³/mol. The summed E-state index contributed by atoms with van der Waals surface area (Å²) in [5, 5.41) is 0.918. The van der Waals surface area contributed by atoms with Crippen LogP contribution in [-0.4, -0.2) is 6.16 Å². The fraction of sp³-hybridized carbons (Fsp3) is 0.200.